The SMILES string of the molecule is NC1=NCC(=O)N1S(=O)(=O)c1ccc(Br)cc1. The van der Waals surface area contributed by atoms with Gasteiger partial charge in [-0.15, -0.1) is 0 Å². The smallest absolute Gasteiger partial charge is 0.273 e. The van der Waals surface area contributed by atoms with Crippen LogP contribution in [-0.4, -0.2) is 31.1 Å². The van der Waals surface area contributed by atoms with Crippen LogP contribution in [0.1, 0.15) is 0 Å². The number of carbonyl (C=O) groups is 1. The van der Waals surface area contributed by atoms with Crippen molar-refractivity contribution in [1.29, 1.82) is 0 Å². The van der Waals surface area contributed by atoms with Gasteiger partial charge in [0.15, 0.2) is 0 Å². The van der Waals surface area contributed by atoms with E-state index in [1.165, 1.54) is 12.1 Å². The lowest BCUT2D eigenvalue weighted by atomic mass is 10.4. The summed E-state index contributed by atoms with van der Waals surface area (Å²) in [5.41, 5.74) is 5.39. The predicted octanol–water partition coefficient (Wildman–Crippen LogP) is 0.295. The van der Waals surface area contributed by atoms with Crippen molar-refractivity contribution in [2.75, 3.05) is 6.54 Å². The summed E-state index contributed by atoms with van der Waals surface area (Å²) in [5.74, 6) is -0.941. The maximum atomic E-state index is 12.1. The maximum absolute atomic E-state index is 12.1. The van der Waals surface area contributed by atoms with Crippen LogP contribution in [0.2, 0.25) is 0 Å². The van der Waals surface area contributed by atoms with E-state index in [-0.39, 0.29) is 17.4 Å². The normalized spacial score (nSPS) is 16.2. The molecule has 1 aliphatic heterocycles. The van der Waals surface area contributed by atoms with E-state index in [0.29, 0.717) is 4.31 Å². The number of sulfonamides is 1. The Hall–Kier alpha value is -1.41. The molecule has 0 aliphatic carbocycles. The third-order valence-corrected chi connectivity index (χ3v) is 4.43. The lowest BCUT2D eigenvalue weighted by Gasteiger charge is -2.15. The van der Waals surface area contributed by atoms with Crippen LogP contribution in [0.25, 0.3) is 0 Å². The van der Waals surface area contributed by atoms with Gasteiger partial charge < -0.3 is 5.73 Å². The molecule has 90 valence electrons. The third kappa shape index (κ3) is 2.05. The van der Waals surface area contributed by atoms with Crippen LogP contribution in [0.4, 0.5) is 0 Å². The summed E-state index contributed by atoms with van der Waals surface area (Å²) < 4.78 is 25.5. The molecule has 1 amide bonds. The fourth-order valence-electron chi connectivity index (χ4n) is 1.37. The van der Waals surface area contributed by atoms with Gasteiger partial charge in [0.1, 0.15) is 6.54 Å². The van der Waals surface area contributed by atoms with Gasteiger partial charge >= 0.3 is 0 Å². The zero-order chi connectivity index (χ0) is 12.6. The molecule has 0 atom stereocenters. The lowest BCUT2D eigenvalue weighted by molar-refractivity contribution is -0.121. The van der Waals surface area contributed by atoms with Crippen LogP contribution in [0.15, 0.2) is 38.6 Å². The number of hydrogen-bond acceptors (Lipinski definition) is 5. The molecule has 0 bridgehead atoms. The number of hydrogen-bond donors (Lipinski definition) is 1. The minimum Gasteiger partial charge on any atom is -0.369 e. The van der Waals surface area contributed by atoms with Crippen molar-refractivity contribution < 1.29 is 13.2 Å². The number of nitrogens with two attached hydrogens (primary N) is 1. The summed E-state index contributed by atoms with van der Waals surface area (Å²) in [4.78, 5) is 15.0. The van der Waals surface area contributed by atoms with Crippen molar-refractivity contribution in [2.24, 2.45) is 10.7 Å². The van der Waals surface area contributed by atoms with Gasteiger partial charge in [0, 0.05) is 4.47 Å². The van der Waals surface area contributed by atoms with Gasteiger partial charge in [-0.3, -0.25) is 4.79 Å². The zero-order valence-electron chi connectivity index (χ0n) is 8.50. The Bertz CT molecular complexity index is 594. The van der Waals surface area contributed by atoms with E-state index in [9.17, 15) is 13.2 Å². The fraction of sp³-hybridized carbons (Fsp3) is 0.111. The first-order chi connectivity index (χ1) is 7.93. The Labute approximate surface area is 106 Å². The molecule has 0 saturated carbocycles. The summed E-state index contributed by atoms with van der Waals surface area (Å²) in [6, 6.07) is 5.91. The van der Waals surface area contributed by atoms with Crippen molar-refractivity contribution in [3.8, 4) is 0 Å². The highest BCUT2D eigenvalue weighted by atomic mass is 79.9. The summed E-state index contributed by atoms with van der Waals surface area (Å²) in [7, 11) is -3.95. The van der Waals surface area contributed by atoms with Gasteiger partial charge in [-0.25, -0.2) is 13.4 Å². The number of aliphatic imine (C=N–C) groups is 1. The molecule has 1 aliphatic rings. The standard InChI is InChI=1S/C9H8BrN3O3S/c10-6-1-3-7(4-2-6)17(15,16)13-8(14)5-12-9(13)11/h1-4H,5H2,(H2,11,12). The highest BCUT2D eigenvalue weighted by Gasteiger charge is 2.35. The highest BCUT2D eigenvalue weighted by Crippen LogP contribution is 2.20. The lowest BCUT2D eigenvalue weighted by Crippen LogP contribution is -2.42. The quantitative estimate of drug-likeness (QED) is 0.848. The largest absolute Gasteiger partial charge is 0.369 e. The summed E-state index contributed by atoms with van der Waals surface area (Å²) in [5, 5.41) is 0. The average molecular weight is 318 g/mol. The molecule has 2 rings (SSSR count). The maximum Gasteiger partial charge on any atom is 0.273 e. The molecule has 0 aromatic heterocycles. The Morgan fingerprint density at radius 2 is 1.88 bits per heavy atom. The zero-order valence-corrected chi connectivity index (χ0v) is 10.9. The van der Waals surface area contributed by atoms with Crippen LogP contribution in [0, 0.1) is 0 Å². The average Bonchev–Trinajstić information content (AvgIpc) is 2.59. The van der Waals surface area contributed by atoms with E-state index in [1.807, 2.05) is 0 Å². The monoisotopic (exact) mass is 317 g/mol. The number of carbonyl (C=O) groups excluding carboxylic acids is 1. The first-order valence-corrected chi connectivity index (χ1v) is 6.80. The number of rotatable bonds is 2. The van der Waals surface area contributed by atoms with Crippen molar-refractivity contribution in [2.45, 2.75) is 4.90 Å². The molecule has 0 spiro atoms. The molecule has 0 radical (unpaired) electrons. The Kier molecular flexibility index (Phi) is 2.92. The molecule has 8 heteroatoms. The Morgan fingerprint density at radius 3 is 2.35 bits per heavy atom. The van der Waals surface area contributed by atoms with E-state index in [1.54, 1.807) is 12.1 Å². The first kappa shape index (κ1) is 12.1. The van der Waals surface area contributed by atoms with Gasteiger partial charge in [-0.05, 0) is 24.3 Å². The molecule has 2 N–H and O–H groups in total. The van der Waals surface area contributed by atoms with Crippen LogP contribution in [-0.2, 0) is 14.8 Å². The fourth-order valence-corrected chi connectivity index (χ4v) is 2.96. The third-order valence-electron chi connectivity index (χ3n) is 2.16. The van der Waals surface area contributed by atoms with Crippen molar-refractivity contribution >= 4 is 37.8 Å². The first-order valence-electron chi connectivity index (χ1n) is 4.56. The molecule has 1 heterocycles. The van der Waals surface area contributed by atoms with Crippen molar-refractivity contribution in [3.63, 3.8) is 0 Å². The summed E-state index contributed by atoms with van der Waals surface area (Å²) >= 11 is 3.20. The van der Waals surface area contributed by atoms with Gasteiger partial charge in [0.2, 0.25) is 5.96 Å². The number of nitrogens with zero attached hydrogens (tertiary/aromatic N) is 2. The van der Waals surface area contributed by atoms with Gasteiger partial charge in [-0.2, -0.15) is 4.31 Å². The van der Waals surface area contributed by atoms with E-state index in [4.69, 9.17) is 5.73 Å². The van der Waals surface area contributed by atoms with Crippen LogP contribution in [0.3, 0.4) is 0 Å². The van der Waals surface area contributed by atoms with E-state index < -0.39 is 15.9 Å². The molecular weight excluding hydrogens is 310 g/mol. The second-order valence-corrected chi connectivity index (χ2v) is 5.99. The number of benzene rings is 1. The Balaban J connectivity index is 2.47. The van der Waals surface area contributed by atoms with E-state index >= 15 is 0 Å². The molecule has 17 heavy (non-hydrogen) atoms. The van der Waals surface area contributed by atoms with Crippen LogP contribution >= 0.6 is 15.9 Å². The number of guanidine groups is 1. The molecule has 0 saturated heterocycles. The summed E-state index contributed by atoms with van der Waals surface area (Å²) in [6.45, 7) is -0.235. The minimum atomic E-state index is -3.95. The molecule has 1 aromatic carbocycles. The number of amides is 1. The van der Waals surface area contributed by atoms with Gasteiger partial charge in [0.25, 0.3) is 15.9 Å². The van der Waals surface area contributed by atoms with Gasteiger partial charge in [0.05, 0.1) is 4.90 Å². The molecule has 0 fully saturated rings. The van der Waals surface area contributed by atoms with Gasteiger partial charge in [-0.1, -0.05) is 15.9 Å². The topological polar surface area (TPSA) is 92.8 Å². The molecular formula is C9H8BrN3O3S. The predicted molar refractivity (Wildman–Crippen MR) is 64.7 cm³/mol. The van der Waals surface area contributed by atoms with Crippen LogP contribution in [0.5, 0.6) is 0 Å². The summed E-state index contributed by atoms with van der Waals surface area (Å²) in [6.07, 6.45) is 0. The highest BCUT2D eigenvalue weighted by molar-refractivity contribution is 9.10. The van der Waals surface area contributed by atoms with Crippen molar-refractivity contribution in [1.82, 2.24) is 4.31 Å². The molecule has 0 unspecified atom stereocenters. The van der Waals surface area contributed by atoms with E-state index in [2.05, 4.69) is 20.9 Å². The second-order valence-electron chi connectivity index (χ2n) is 3.29. The second kappa shape index (κ2) is 4.11. The van der Waals surface area contributed by atoms with E-state index in [0.717, 1.165) is 4.47 Å². The Morgan fingerprint density at radius 1 is 1.29 bits per heavy atom. The number of halogens is 1. The molecule has 1 aromatic rings. The van der Waals surface area contributed by atoms with Crippen molar-refractivity contribution in [3.05, 3.63) is 28.7 Å². The van der Waals surface area contributed by atoms with Crippen LogP contribution < -0.4 is 5.73 Å². The minimum absolute atomic E-state index is 0.00546. The molecule has 6 nitrogen and oxygen atoms in total.